The van der Waals surface area contributed by atoms with E-state index in [1.165, 1.54) is 0 Å². The number of aromatic nitrogens is 7. The highest BCUT2D eigenvalue weighted by molar-refractivity contribution is 6.00. The molecule has 0 bridgehead atoms. The average molecular weight is 545 g/mol. The number of carbonyl (C=O) groups excluding carboxylic acids is 1. The van der Waals surface area contributed by atoms with Gasteiger partial charge in [0.15, 0.2) is 5.82 Å². The van der Waals surface area contributed by atoms with Gasteiger partial charge in [-0.3, -0.25) is 14.2 Å². The van der Waals surface area contributed by atoms with Crippen molar-refractivity contribution in [3.8, 4) is 34.4 Å². The highest BCUT2D eigenvalue weighted by Gasteiger charge is 2.24. The molecule has 0 aliphatic carbocycles. The molecule has 0 saturated heterocycles. The van der Waals surface area contributed by atoms with Crippen LogP contribution in [0.25, 0.3) is 33.8 Å². The minimum absolute atomic E-state index is 0.0659. The summed E-state index contributed by atoms with van der Waals surface area (Å²) in [5.41, 5.74) is 11.0. The van der Waals surface area contributed by atoms with Gasteiger partial charge in [0.2, 0.25) is 0 Å². The monoisotopic (exact) mass is 544 g/mol. The maximum Gasteiger partial charge on any atom is 0.267 e. The molecule has 5 rings (SSSR count). The van der Waals surface area contributed by atoms with Crippen molar-refractivity contribution in [1.82, 2.24) is 34.1 Å². The lowest BCUT2D eigenvalue weighted by Crippen LogP contribution is -2.14. The Kier molecular flexibility index (Phi) is 7.26. The first kappa shape index (κ1) is 26.9. The van der Waals surface area contributed by atoms with Crippen molar-refractivity contribution in [3.63, 3.8) is 0 Å². The van der Waals surface area contributed by atoms with Crippen LogP contribution < -0.4 is 15.2 Å². The Labute approximate surface area is 231 Å². The number of imidazole rings is 1. The number of nitrogens with two attached hydrogens (primary N) is 1. The third-order valence-electron chi connectivity index (χ3n) is 6.79. The summed E-state index contributed by atoms with van der Waals surface area (Å²) in [6, 6.07) is 9.26. The molecule has 0 fully saturated rings. The Hall–Kier alpha value is -4.71. The maximum atomic E-state index is 12.3. The largest absolute Gasteiger partial charge is 0.497 e. The number of nitrogens with zero attached hydrogens (tertiary/aromatic N) is 7. The number of ether oxygens (including phenoxy) is 2. The van der Waals surface area contributed by atoms with Crippen LogP contribution in [-0.4, -0.2) is 65.9 Å². The van der Waals surface area contributed by atoms with Crippen LogP contribution in [0.5, 0.6) is 11.5 Å². The SMILES string of the molecule is COc1ccc(Cc2nn(C)c3cc(C(N)=O)nc(-c4nc(-c5cc(C)nn5CCCO)cn4C)c23)c(OC)c1. The third kappa shape index (κ3) is 4.89. The molecule has 4 aromatic heterocycles. The first-order valence-corrected chi connectivity index (χ1v) is 12.8. The predicted octanol–water partition coefficient (Wildman–Crippen LogP) is 2.63. The average Bonchev–Trinajstić information content (AvgIpc) is 3.61. The van der Waals surface area contributed by atoms with Gasteiger partial charge in [-0.15, -0.1) is 0 Å². The van der Waals surface area contributed by atoms with E-state index in [1.807, 2.05) is 60.7 Å². The summed E-state index contributed by atoms with van der Waals surface area (Å²) < 4.78 is 16.4. The molecule has 1 amide bonds. The molecule has 40 heavy (non-hydrogen) atoms. The van der Waals surface area contributed by atoms with Gasteiger partial charge in [0.05, 0.1) is 42.2 Å². The van der Waals surface area contributed by atoms with Gasteiger partial charge in [-0.1, -0.05) is 6.07 Å². The van der Waals surface area contributed by atoms with Crippen molar-refractivity contribution in [1.29, 1.82) is 0 Å². The molecule has 208 valence electrons. The molecular formula is C28H32N8O4. The number of primary amides is 1. The number of rotatable bonds is 10. The van der Waals surface area contributed by atoms with Gasteiger partial charge in [-0.05, 0) is 31.5 Å². The zero-order valence-corrected chi connectivity index (χ0v) is 23.2. The second-order valence-corrected chi connectivity index (χ2v) is 9.57. The number of methoxy groups -OCH3 is 2. The molecule has 1 aromatic carbocycles. The molecule has 12 nitrogen and oxygen atoms in total. The smallest absolute Gasteiger partial charge is 0.267 e. The highest BCUT2D eigenvalue weighted by Crippen LogP contribution is 2.34. The van der Waals surface area contributed by atoms with Crippen LogP contribution >= 0.6 is 0 Å². The number of aliphatic hydroxyl groups excluding tert-OH is 1. The molecular weight excluding hydrogens is 512 g/mol. The fraction of sp³-hybridized carbons (Fsp3) is 0.321. The first-order valence-electron chi connectivity index (χ1n) is 12.8. The van der Waals surface area contributed by atoms with E-state index < -0.39 is 5.91 Å². The number of aliphatic hydroxyl groups is 1. The van der Waals surface area contributed by atoms with Gasteiger partial charge in [0, 0.05) is 51.5 Å². The van der Waals surface area contributed by atoms with E-state index >= 15 is 0 Å². The van der Waals surface area contributed by atoms with E-state index in [2.05, 4.69) is 10.1 Å². The Morgan fingerprint density at radius 1 is 1.07 bits per heavy atom. The van der Waals surface area contributed by atoms with Crippen LogP contribution in [0.2, 0.25) is 0 Å². The molecule has 0 unspecified atom stereocenters. The molecule has 0 aliphatic rings. The van der Waals surface area contributed by atoms with Crippen molar-refractivity contribution >= 4 is 16.8 Å². The Morgan fingerprint density at radius 2 is 1.88 bits per heavy atom. The molecule has 12 heteroatoms. The van der Waals surface area contributed by atoms with Crippen LogP contribution in [0.3, 0.4) is 0 Å². The molecule has 3 N–H and O–H groups in total. The summed E-state index contributed by atoms with van der Waals surface area (Å²) in [5.74, 6) is 1.27. The predicted molar refractivity (Wildman–Crippen MR) is 149 cm³/mol. The van der Waals surface area contributed by atoms with Crippen molar-refractivity contribution in [2.75, 3.05) is 20.8 Å². The van der Waals surface area contributed by atoms with Crippen LogP contribution in [0.4, 0.5) is 0 Å². The van der Waals surface area contributed by atoms with Crippen LogP contribution in [0.1, 0.15) is 33.9 Å². The Morgan fingerprint density at radius 3 is 2.58 bits per heavy atom. The van der Waals surface area contributed by atoms with Gasteiger partial charge in [0.25, 0.3) is 5.91 Å². The lowest BCUT2D eigenvalue weighted by atomic mass is 10.0. The minimum atomic E-state index is -0.644. The van der Waals surface area contributed by atoms with E-state index in [9.17, 15) is 9.90 Å². The molecule has 0 saturated carbocycles. The molecule has 0 atom stereocenters. The summed E-state index contributed by atoms with van der Waals surface area (Å²) in [4.78, 5) is 21.9. The number of fused-ring (bicyclic) bond motifs is 1. The summed E-state index contributed by atoms with van der Waals surface area (Å²) in [6.45, 7) is 2.54. The lowest BCUT2D eigenvalue weighted by Gasteiger charge is -2.10. The second-order valence-electron chi connectivity index (χ2n) is 9.57. The first-order chi connectivity index (χ1) is 19.2. The van der Waals surface area contributed by atoms with Crippen LogP contribution in [0, 0.1) is 6.92 Å². The fourth-order valence-corrected chi connectivity index (χ4v) is 4.90. The normalized spacial score (nSPS) is 11.3. The van der Waals surface area contributed by atoms with Crippen LogP contribution in [-0.2, 0) is 27.1 Å². The molecule has 0 aliphatic heterocycles. The van der Waals surface area contributed by atoms with Crippen LogP contribution in [0.15, 0.2) is 36.5 Å². The number of pyridine rings is 1. The van der Waals surface area contributed by atoms with Gasteiger partial charge < -0.3 is 24.9 Å². The quantitative estimate of drug-likeness (QED) is 0.273. The van der Waals surface area contributed by atoms with Gasteiger partial charge >= 0.3 is 0 Å². The summed E-state index contributed by atoms with van der Waals surface area (Å²) in [6.07, 6.45) is 2.91. The number of hydrogen-bond donors (Lipinski definition) is 2. The Bertz CT molecular complexity index is 1720. The number of aryl methyl sites for hydroxylation is 4. The Balaban J connectivity index is 1.69. The standard InChI is InChI=1S/C28H32N8O4/c1-16-11-22(36(32-16)9-6-10-37)21-15-34(2)28(31-21)26-25-19(12-17-7-8-18(39-4)13-24(17)40-5)33-35(3)23(25)14-20(30-26)27(29)38/h7-8,11,13-15,37H,6,9-10,12H2,1-5H3,(H2,29,38). The van der Waals surface area contributed by atoms with E-state index in [4.69, 9.17) is 25.3 Å². The number of benzene rings is 1. The highest BCUT2D eigenvalue weighted by atomic mass is 16.5. The molecule has 0 spiro atoms. The van der Waals surface area contributed by atoms with Crippen molar-refractivity contribution in [2.45, 2.75) is 26.3 Å². The van der Waals surface area contributed by atoms with Gasteiger partial charge in [-0.25, -0.2) is 9.97 Å². The minimum Gasteiger partial charge on any atom is -0.497 e. The number of amides is 1. The molecule has 4 heterocycles. The van der Waals surface area contributed by atoms with E-state index in [0.29, 0.717) is 53.6 Å². The number of carbonyl (C=O) groups is 1. The maximum absolute atomic E-state index is 12.3. The fourth-order valence-electron chi connectivity index (χ4n) is 4.90. The van der Waals surface area contributed by atoms with Crippen molar-refractivity contribution in [3.05, 3.63) is 59.2 Å². The van der Waals surface area contributed by atoms with Crippen molar-refractivity contribution < 1.29 is 19.4 Å². The number of hydrogen-bond acceptors (Lipinski definition) is 8. The molecule has 5 aromatic rings. The topological polar surface area (TPSA) is 148 Å². The second kappa shape index (κ2) is 10.8. The summed E-state index contributed by atoms with van der Waals surface area (Å²) in [7, 11) is 6.92. The van der Waals surface area contributed by atoms with E-state index in [-0.39, 0.29) is 12.3 Å². The molecule has 0 radical (unpaired) electrons. The summed E-state index contributed by atoms with van der Waals surface area (Å²) >= 11 is 0. The zero-order chi connectivity index (χ0) is 28.6. The lowest BCUT2D eigenvalue weighted by molar-refractivity contribution is 0.0996. The summed E-state index contributed by atoms with van der Waals surface area (Å²) in [5, 5.41) is 19.4. The van der Waals surface area contributed by atoms with E-state index in [1.54, 1.807) is 25.0 Å². The van der Waals surface area contributed by atoms with Gasteiger partial charge in [-0.2, -0.15) is 10.2 Å². The van der Waals surface area contributed by atoms with E-state index in [0.717, 1.165) is 28.0 Å². The zero-order valence-electron chi connectivity index (χ0n) is 23.2. The van der Waals surface area contributed by atoms with Crippen molar-refractivity contribution in [2.24, 2.45) is 19.8 Å². The third-order valence-corrected chi connectivity index (χ3v) is 6.79. The van der Waals surface area contributed by atoms with Gasteiger partial charge in [0.1, 0.15) is 28.6 Å².